The number of aromatic nitrogens is 3. The Kier molecular flexibility index (Phi) is 3.93. The van der Waals surface area contributed by atoms with Crippen LogP contribution in [0.3, 0.4) is 0 Å². The van der Waals surface area contributed by atoms with Gasteiger partial charge in [0.05, 0.1) is 0 Å². The van der Waals surface area contributed by atoms with Crippen molar-refractivity contribution in [1.82, 2.24) is 14.8 Å². The molecule has 1 aromatic heterocycles. The standard InChI is InChI=1S/C21H17BrN4O/c22-15-9-4-8-14(12-15)19-18-16(10-5-11-17(18)27)23-21-24-20(25-26(19)21)13-6-2-1-3-7-13/h1-4,6-9,12,19H,5,10-11H2,(H,23,24,25)/t19-/m0/s1. The lowest BCUT2D eigenvalue weighted by Crippen LogP contribution is -2.31. The van der Waals surface area contributed by atoms with Gasteiger partial charge in [-0.1, -0.05) is 58.4 Å². The van der Waals surface area contributed by atoms with Gasteiger partial charge in [-0.3, -0.25) is 4.79 Å². The number of Topliss-reactive ketones (excluding diaryl/α,β-unsaturated/α-hetero) is 1. The number of benzene rings is 2. The summed E-state index contributed by atoms with van der Waals surface area (Å²) in [6, 6.07) is 17.7. The van der Waals surface area contributed by atoms with E-state index < -0.39 is 0 Å². The van der Waals surface area contributed by atoms with Gasteiger partial charge >= 0.3 is 0 Å². The van der Waals surface area contributed by atoms with E-state index in [0.717, 1.165) is 39.7 Å². The number of nitrogens with zero attached hydrogens (tertiary/aromatic N) is 3. The van der Waals surface area contributed by atoms with Gasteiger partial charge in [-0.05, 0) is 30.5 Å². The summed E-state index contributed by atoms with van der Waals surface area (Å²) in [6.45, 7) is 0. The summed E-state index contributed by atoms with van der Waals surface area (Å²) in [5.74, 6) is 1.54. The number of allylic oxidation sites excluding steroid dienone is 2. The van der Waals surface area contributed by atoms with E-state index in [4.69, 9.17) is 10.1 Å². The maximum Gasteiger partial charge on any atom is 0.226 e. The largest absolute Gasteiger partial charge is 0.328 e. The van der Waals surface area contributed by atoms with E-state index in [1.807, 2.05) is 53.2 Å². The Labute approximate surface area is 165 Å². The predicted octanol–water partition coefficient (Wildman–Crippen LogP) is 4.73. The second kappa shape index (κ2) is 6.46. The number of rotatable bonds is 2. The molecule has 2 heterocycles. The van der Waals surface area contributed by atoms with Gasteiger partial charge in [0.1, 0.15) is 6.04 Å². The van der Waals surface area contributed by atoms with Crippen molar-refractivity contribution in [2.24, 2.45) is 0 Å². The quantitative estimate of drug-likeness (QED) is 0.650. The Morgan fingerprint density at radius 1 is 1.07 bits per heavy atom. The summed E-state index contributed by atoms with van der Waals surface area (Å²) in [6.07, 6.45) is 2.31. The molecule has 1 atom stereocenters. The number of carbonyl (C=O) groups excluding carboxylic acids is 1. The van der Waals surface area contributed by atoms with E-state index >= 15 is 0 Å². The van der Waals surface area contributed by atoms with Crippen LogP contribution in [0.5, 0.6) is 0 Å². The minimum Gasteiger partial charge on any atom is -0.328 e. The van der Waals surface area contributed by atoms with Crippen molar-refractivity contribution in [3.63, 3.8) is 0 Å². The van der Waals surface area contributed by atoms with Gasteiger partial charge in [0.2, 0.25) is 5.95 Å². The van der Waals surface area contributed by atoms with Crippen LogP contribution in [0.4, 0.5) is 5.95 Å². The van der Waals surface area contributed by atoms with E-state index in [1.165, 1.54) is 0 Å². The van der Waals surface area contributed by atoms with Gasteiger partial charge in [0.15, 0.2) is 11.6 Å². The number of halogens is 1. The van der Waals surface area contributed by atoms with Crippen LogP contribution in [0.25, 0.3) is 11.4 Å². The molecule has 27 heavy (non-hydrogen) atoms. The van der Waals surface area contributed by atoms with E-state index in [2.05, 4.69) is 27.3 Å². The fraction of sp³-hybridized carbons (Fsp3) is 0.190. The highest BCUT2D eigenvalue weighted by atomic mass is 79.9. The monoisotopic (exact) mass is 420 g/mol. The van der Waals surface area contributed by atoms with Crippen molar-refractivity contribution < 1.29 is 4.79 Å². The summed E-state index contributed by atoms with van der Waals surface area (Å²) >= 11 is 3.55. The number of hydrogen-bond donors (Lipinski definition) is 1. The van der Waals surface area contributed by atoms with E-state index in [1.54, 1.807) is 0 Å². The Morgan fingerprint density at radius 2 is 1.93 bits per heavy atom. The van der Waals surface area contributed by atoms with Crippen molar-refractivity contribution >= 4 is 27.7 Å². The zero-order valence-corrected chi connectivity index (χ0v) is 16.1. The first-order chi connectivity index (χ1) is 13.2. The molecule has 0 bridgehead atoms. The molecule has 2 aromatic carbocycles. The summed E-state index contributed by atoms with van der Waals surface area (Å²) in [5, 5.41) is 8.15. The molecular weight excluding hydrogens is 404 g/mol. The molecule has 0 spiro atoms. The first kappa shape index (κ1) is 16.4. The third-order valence-electron chi connectivity index (χ3n) is 5.06. The number of carbonyl (C=O) groups is 1. The van der Waals surface area contributed by atoms with Gasteiger partial charge in [0, 0.05) is 27.7 Å². The van der Waals surface area contributed by atoms with Gasteiger partial charge in [-0.2, -0.15) is 4.98 Å². The molecule has 1 aliphatic carbocycles. The fourth-order valence-corrected chi connectivity index (χ4v) is 4.27. The number of hydrogen-bond acceptors (Lipinski definition) is 4. The van der Waals surface area contributed by atoms with Crippen molar-refractivity contribution in [3.8, 4) is 11.4 Å². The molecule has 5 rings (SSSR count). The molecule has 2 aliphatic rings. The lowest BCUT2D eigenvalue weighted by molar-refractivity contribution is -0.116. The lowest BCUT2D eigenvalue weighted by atomic mass is 9.85. The first-order valence-corrected chi connectivity index (χ1v) is 9.81. The van der Waals surface area contributed by atoms with Crippen LogP contribution in [-0.2, 0) is 4.79 Å². The summed E-state index contributed by atoms with van der Waals surface area (Å²) in [7, 11) is 0. The smallest absolute Gasteiger partial charge is 0.226 e. The third kappa shape index (κ3) is 2.80. The maximum atomic E-state index is 12.8. The number of nitrogens with one attached hydrogen (secondary N) is 1. The molecule has 3 aromatic rings. The third-order valence-corrected chi connectivity index (χ3v) is 5.56. The van der Waals surface area contributed by atoms with Crippen LogP contribution >= 0.6 is 15.9 Å². The minimum absolute atomic E-state index is 0.191. The summed E-state index contributed by atoms with van der Waals surface area (Å²) < 4.78 is 2.83. The van der Waals surface area contributed by atoms with Gasteiger partial charge in [0.25, 0.3) is 0 Å². The molecule has 0 fully saturated rings. The van der Waals surface area contributed by atoms with Crippen molar-refractivity contribution in [3.05, 3.63) is 75.9 Å². The lowest BCUT2D eigenvalue weighted by Gasteiger charge is -2.32. The molecule has 134 valence electrons. The van der Waals surface area contributed by atoms with Crippen molar-refractivity contribution in [1.29, 1.82) is 0 Å². The molecule has 1 aliphatic heterocycles. The number of fused-ring (bicyclic) bond motifs is 1. The Balaban J connectivity index is 1.70. The fourth-order valence-electron chi connectivity index (χ4n) is 3.85. The van der Waals surface area contributed by atoms with Crippen LogP contribution in [-0.4, -0.2) is 20.5 Å². The van der Waals surface area contributed by atoms with E-state index in [0.29, 0.717) is 18.2 Å². The summed E-state index contributed by atoms with van der Waals surface area (Å²) in [5.41, 5.74) is 3.78. The molecule has 0 amide bonds. The van der Waals surface area contributed by atoms with E-state index in [9.17, 15) is 4.79 Å². The Bertz CT molecular complexity index is 1070. The summed E-state index contributed by atoms with van der Waals surface area (Å²) in [4.78, 5) is 17.5. The Morgan fingerprint density at radius 3 is 2.74 bits per heavy atom. The number of anilines is 1. The highest BCUT2D eigenvalue weighted by Gasteiger charge is 2.36. The Hall–Kier alpha value is -2.73. The normalized spacial score (nSPS) is 18.7. The highest BCUT2D eigenvalue weighted by Crippen LogP contribution is 2.41. The second-order valence-electron chi connectivity index (χ2n) is 6.82. The topological polar surface area (TPSA) is 59.8 Å². The minimum atomic E-state index is -0.258. The highest BCUT2D eigenvalue weighted by molar-refractivity contribution is 9.10. The van der Waals surface area contributed by atoms with Crippen LogP contribution in [0.1, 0.15) is 30.9 Å². The molecule has 5 nitrogen and oxygen atoms in total. The van der Waals surface area contributed by atoms with Gasteiger partial charge in [-0.15, -0.1) is 5.10 Å². The molecule has 0 saturated heterocycles. The molecule has 1 N–H and O–H groups in total. The number of ketones is 1. The van der Waals surface area contributed by atoms with Gasteiger partial charge in [-0.25, -0.2) is 4.68 Å². The van der Waals surface area contributed by atoms with Crippen molar-refractivity contribution in [2.75, 3.05) is 5.32 Å². The van der Waals surface area contributed by atoms with E-state index in [-0.39, 0.29) is 11.8 Å². The van der Waals surface area contributed by atoms with Crippen molar-refractivity contribution in [2.45, 2.75) is 25.3 Å². The molecule has 0 radical (unpaired) electrons. The molecular formula is C21H17BrN4O. The second-order valence-corrected chi connectivity index (χ2v) is 7.74. The predicted molar refractivity (Wildman–Crippen MR) is 107 cm³/mol. The van der Waals surface area contributed by atoms with Crippen LogP contribution in [0, 0.1) is 0 Å². The molecule has 6 heteroatoms. The zero-order chi connectivity index (χ0) is 18.4. The molecule has 0 saturated carbocycles. The average Bonchev–Trinajstić information content (AvgIpc) is 3.11. The van der Waals surface area contributed by atoms with Crippen LogP contribution in [0.2, 0.25) is 0 Å². The zero-order valence-electron chi connectivity index (χ0n) is 14.5. The molecule has 0 unspecified atom stereocenters. The van der Waals surface area contributed by atoms with Crippen LogP contribution < -0.4 is 5.32 Å². The van der Waals surface area contributed by atoms with Gasteiger partial charge < -0.3 is 5.32 Å². The SMILES string of the molecule is O=C1CCCC2=C1[C@H](c1cccc(Br)c1)n1nc(-c3ccccc3)nc1N2. The first-order valence-electron chi connectivity index (χ1n) is 9.01. The maximum absolute atomic E-state index is 12.8. The van der Waals surface area contributed by atoms with Crippen LogP contribution in [0.15, 0.2) is 70.3 Å². The average molecular weight is 421 g/mol.